The molecule has 0 spiro atoms. The quantitative estimate of drug-likeness (QED) is 0.802. The molecule has 0 bridgehead atoms. The number of nitrogen functional groups attached to an aromatic ring is 1. The summed E-state index contributed by atoms with van der Waals surface area (Å²) in [6.07, 6.45) is -0.616. The Balaban J connectivity index is 2.12. The Bertz CT molecular complexity index is 644. The van der Waals surface area contributed by atoms with Gasteiger partial charge in [0.2, 0.25) is 5.91 Å². The van der Waals surface area contributed by atoms with Gasteiger partial charge < -0.3 is 15.4 Å². The number of hydrogen-bond donors (Lipinski definition) is 1. The second-order valence-electron chi connectivity index (χ2n) is 6.25. The van der Waals surface area contributed by atoms with Gasteiger partial charge in [-0.25, -0.2) is 13.6 Å². The lowest BCUT2D eigenvalue weighted by Gasteiger charge is -2.35. The summed E-state index contributed by atoms with van der Waals surface area (Å²) in [7, 11) is 0. The first-order valence-corrected chi connectivity index (χ1v) is 7.12. The summed E-state index contributed by atoms with van der Waals surface area (Å²) >= 11 is 0. The van der Waals surface area contributed by atoms with Crippen molar-refractivity contribution >= 4 is 23.4 Å². The van der Waals surface area contributed by atoms with Gasteiger partial charge in [0.05, 0.1) is 11.4 Å². The summed E-state index contributed by atoms with van der Waals surface area (Å²) in [5.41, 5.74) is 4.09. The standard InChI is InChI=1S/C15H19F2N3O3/c1-15(2,3)23-14(22)19-6-7-20(11(21)8-19)10-5-4-9(18)12(16)13(10)17/h4-5H,6-8,18H2,1-3H3. The molecule has 1 aromatic carbocycles. The Morgan fingerprint density at radius 3 is 2.43 bits per heavy atom. The molecule has 0 unspecified atom stereocenters. The van der Waals surface area contributed by atoms with Crippen LogP contribution in [-0.2, 0) is 9.53 Å². The molecule has 0 radical (unpaired) electrons. The van der Waals surface area contributed by atoms with Gasteiger partial charge in [-0.3, -0.25) is 9.69 Å². The first-order valence-electron chi connectivity index (χ1n) is 7.12. The van der Waals surface area contributed by atoms with Crippen molar-refractivity contribution in [1.29, 1.82) is 0 Å². The predicted octanol–water partition coefficient (Wildman–Crippen LogP) is 2.13. The van der Waals surface area contributed by atoms with E-state index in [1.165, 1.54) is 17.0 Å². The third-order valence-electron chi connectivity index (χ3n) is 3.25. The molecule has 0 saturated carbocycles. The number of nitrogens with two attached hydrogens (primary N) is 1. The number of carbonyl (C=O) groups is 2. The number of carbonyl (C=O) groups excluding carboxylic acids is 2. The highest BCUT2D eigenvalue weighted by Gasteiger charge is 2.32. The molecule has 2 amide bonds. The van der Waals surface area contributed by atoms with Crippen LogP contribution in [0.25, 0.3) is 0 Å². The minimum absolute atomic E-state index is 0.0400. The van der Waals surface area contributed by atoms with Crippen LogP contribution in [-0.4, -0.2) is 42.1 Å². The Hall–Kier alpha value is -2.38. The van der Waals surface area contributed by atoms with Crippen molar-refractivity contribution in [3.8, 4) is 0 Å². The summed E-state index contributed by atoms with van der Waals surface area (Å²) in [5.74, 6) is -2.89. The average Bonchev–Trinajstić information content (AvgIpc) is 2.44. The number of nitrogens with zero attached hydrogens (tertiary/aromatic N) is 2. The monoisotopic (exact) mass is 327 g/mol. The van der Waals surface area contributed by atoms with Crippen molar-refractivity contribution in [3.05, 3.63) is 23.8 Å². The van der Waals surface area contributed by atoms with E-state index in [2.05, 4.69) is 0 Å². The number of rotatable bonds is 1. The van der Waals surface area contributed by atoms with Gasteiger partial charge in [-0.15, -0.1) is 0 Å². The maximum Gasteiger partial charge on any atom is 0.410 e. The minimum atomic E-state index is -1.19. The van der Waals surface area contributed by atoms with E-state index in [9.17, 15) is 18.4 Å². The molecular formula is C15H19F2N3O3. The van der Waals surface area contributed by atoms with E-state index in [1.807, 2.05) is 0 Å². The third-order valence-corrected chi connectivity index (χ3v) is 3.25. The topological polar surface area (TPSA) is 75.9 Å². The van der Waals surface area contributed by atoms with Crippen molar-refractivity contribution in [1.82, 2.24) is 4.90 Å². The number of ether oxygens (including phenoxy) is 1. The predicted molar refractivity (Wildman–Crippen MR) is 80.9 cm³/mol. The lowest BCUT2D eigenvalue weighted by atomic mass is 10.2. The van der Waals surface area contributed by atoms with E-state index in [4.69, 9.17) is 10.5 Å². The molecule has 8 heteroatoms. The number of hydrogen-bond acceptors (Lipinski definition) is 4. The van der Waals surface area contributed by atoms with E-state index >= 15 is 0 Å². The van der Waals surface area contributed by atoms with Crippen molar-refractivity contribution in [3.63, 3.8) is 0 Å². The van der Waals surface area contributed by atoms with Crippen LogP contribution in [0, 0.1) is 11.6 Å². The number of halogens is 2. The highest BCUT2D eigenvalue weighted by molar-refractivity contribution is 5.97. The summed E-state index contributed by atoms with van der Waals surface area (Å²) in [6, 6.07) is 2.44. The zero-order valence-corrected chi connectivity index (χ0v) is 13.2. The van der Waals surface area contributed by atoms with Gasteiger partial charge in [0.25, 0.3) is 0 Å². The minimum Gasteiger partial charge on any atom is -0.444 e. The van der Waals surface area contributed by atoms with Crippen LogP contribution in [0.1, 0.15) is 20.8 Å². The number of piperazine rings is 1. The molecule has 0 aliphatic carbocycles. The summed E-state index contributed by atoms with van der Waals surface area (Å²) < 4.78 is 32.7. The lowest BCUT2D eigenvalue weighted by molar-refractivity contribution is -0.121. The molecule has 6 nitrogen and oxygen atoms in total. The fourth-order valence-corrected chi connectivity index (χ4v) is 2.17. The van der Waals surface area contributed by atoms with E-state index in [0.717, 1.165) is 4.90 Å². The van der Waals surface area contributed by atoms with Crippen LogP contribution < -0.4 is 10.6 Å². The zero-order valence-electron chi connectivity index (χ0n) is 13.2. The van der Waals surface area contributed by atoms with Gasteiger partial charge in [-0.1, -0.05) is 0 Å². The molecule has 2 N–H and O–H groups in total. The summed E-state index contributed by atoms with van der Waals surface area (Å²) in [6.45, 7) is 5.09. The van der Waals surface area contributed by atoms with Gasteiger partial charge in [0, 0.05) is 13.1 Å². The second kappa shape index (κ2) is 6.02. The summed E-state index contributed by atoms with van der Waals surface area (Å²) in [5, 5.41) is 0. The Kier molecular flexibility index (Phi) is 4.44. The molecule has 1 aliphatic rings. The van der Waals surface area contributed by atoms with E-state index in [0.29, 0.717) is 0 Å². The molecule has 126 valence electrons. The maximum absolute atomic E-state index is 13.9. The number of amides is 2. The van der Waals surface area contributed by atoms with E-state index in [1.54, 1.807) is 20.8 Å². The molecule has 2 rings (SSSR count). The second-order valence-corrected chi connectivity index (χ2v) is 6.25. The fraction of sp³-hybridized carbons (Fsp3) is 0.467. The SMILES string of the molecule is CC(C)(C)OC(=O)N1CCN(c2ccc(N)c(F)c2F)C(=O)C1. The van der Waals surface area contributed by atoms with E-state index < -0.39 is 29.2 Å². The molecule has 23 heavy (non-hydrogen) atoms. The van der Waals surface area contributed by atoms with Gasteiger partial charge >= 0.3 is 6.09 Å². The normalized spacial score (nSPS) is 15.8. The van der Waals surface area contributed by atoms with Crippen LogP contribution in [0.15, 0.2) is 12.1 Å². The number of benzene rings is 1. The molecule has 0 atom stereocenters. The largest absolute Gasteiger partial charge is 0.444 e. The molecule has 1 aromatic rings. The molecule has 0 aromatic heterocycles. The zero-order chi connectivity index (χ0) is 17.4. The first kappa shape index (κ1) is 17.0. The smallest absolute Gasteiger partial charge is 0.410 e. The van der Waals surface area contributed by atoms with Crippen molar-refractivity contribution in [2.45, 2.75) is 26.4 Å². The van der Waals surface area contributed by atoms with Crippen LogP contribution in [0.3, 0.4) is 0 Å². The fourth-order valence-electron chi connectivity index (χ4n) is 2.17. The number of anilines is 2. The highest BCUT2D eigenvalue weighted by atomic mass is 19.2. The maximum atomic E-state index is 13.9. The van der Waals surface area contributed by atoms with Crippen LogP contribution in [0.4, 0.5) is 25.0 Å². The lowest BCUT2D eigenvalue weighted by Crippen LogP contribution is -2.53. The van der Waals surface area contributed by atoms with Gasteiger partial charge in [0.1, 0.15) is 12.1 Å². The van der Waals surface area contributed by atoms with Gasteiger partial charge in [0.15, 0.2) is 11.6 Å². The van der Waals surface area contributed by atoms with Crippen molar-refractivity contribution in [2.75, 3.05) is 30.3 Å². The molecule has 1 heterocycles. The third kappa shape index (κ3) is 3.69. The average molecular weight is 327 g/mol. The molecule has 1 saturated heterocycles. The van der Waals surface area contributed by atoms with Crippen molar-refractivity contribution in [2.24, 2.45) is 0 Å². The van der Waals surface area contributed by atoms with Crippen LogP contribution >= 0.6 is 0 Å². The van der Waals surface area contributed by atoms with Gasteiger partial charge in [-0.2, -0.15) is 0 Å². The van der Waals surface area contributed by atoms with Crippen LogP contribution in [0.5, 0.6) is 0 Å². The Morgan fingerprint density at radius 2 is 1.87 bits per heavy atom. The Morgan fingerprint density at radius 1 is 1.22 bits per heavy atom. The molecular weight excluding hydrogens is 308 g/mol. The van der Waals surface area contributed by atoms with Crippen molar-refractivity contribution < 1.29 is 23.1 Å². The molecule has 1 fully saturated rings. The van der Waals surface area contributed by atoms with Crippen LogP contribution in [0.2, 0.25) is 0 Å². The van der Waals surface area contributed by atoms with Gasteiger partial charge in [-0.05, 0) is 32.9 Å². The van der Waals surface area contributed by atoms with E-state index in [-0.39, 0.29) is 31.0 Å². The summed E-state index contributed by atoms with van der Waals surface area (Å²) in [4.78, 5) is 26.5. The highest BCUT2D eigenvalue weighted by Crippen LogP contribution is 2.27. The molecule has 1 aliphatic heterocycles. The Labute approximate surface area is 132 Å². The first-order chi connectivity index (χ1) is 10.6.